The first-order chi connectivity index (χ1) is 12.7. The summed E-state index contributed by atoms with van der Waals surface area (Å²) < 4.78 is 10.6. The molecule has 144 valence electrons. The highest BCUT2D eigenvalue weighted by atomic mass is 16.6. The lowest BCUT2D eigenvalue weighted by Gasteiger charge is -2.20. The number of ether oxygens (including phenoxy) is 2. The number of benzene rings is 1. The molecule has 0 saturated heterocycles. The van der Waals surface area contributed by atoms with Gasteiger partial charge >= 0.3 is 5.97 Å². The zero-order valence-electron chi connectivity index (χ0n) is 16.1. The second kappa shape index (κ2) is 8.18. The summed E-state index contributed by atoms with van der Waals surface area (Å²) in [7, 11) is 2.95. The molecule has 7 nitrogen and oxygen atoms in total. The molecule has 1 atom stereocenters. The van der Waals surface area contributed by atoms with Crippen LogP contribution >= 0.6 is 0 Å². The molecule has 0 spiro atoms. The van der Waals surface area contributed by atoms with E-state index in [2.05, 4.69) is 10.3 Å². The van der Waals surface area contributed by atoms with Gasteiger partial charge in [-0.25, -0.2) is 9.78 Å². The molecule has 0 aliphatic carbocycles. The molecule has 1 aromatic heterocycles. The van der Waals surface area contributed by atoms with Crippen LogP contribution in [0.2, 0.25) is 0 Å². The Bertz CT molecular complexity index is 843. The van der Waals surface area contributed by atoms with E-state index in [1.807, 2.05) is 0 Å². The Balaban J connectivity index is 2.53. The molecule has 1 heterocycles. The smallest absolute Gasteiger partial charge is 0.338 e. The van der Waals surface area contributed by atoms with Crippen LogP contribution < -0.4 is 10.1 Å². The highest BCUT2D eigenvalue weighted by Crippen LogP contribution is 2.29. The number of nitrogens with zero attached hydrogens (tertiary/aromatic N) is 1. The van der Waals surface area contributed by atoms with Gasteiger partial charge in [0.15, 0.2) is 0 Å². The number of carbonyl (C=O) groups excluding carboxylic acids is 2. The third-order valence-electron chi connectivity index (χ3n) is 3.65. The van der Waals surface area contributed by atoms with Crippen LogP contribution in [0.1, 0.15) is 59.0 Å². The lowest BCUT2D eigenvalue weighted by molar-refractivity contribution is 0.00691. The van der Waals surface area contributed by atoms with Gasteiger partial charge in [-0.3, -0.25) is 4.79 Å². The minimum absolute atomic E-state index is 0.00445. The summed E-state index contributed by atoms with van der Waals surface area (Å²) >= 11 is 0. The normalized spacial score (nSPS) is 12.2. The van der Waals surface area contributed by atoms with Crippen molar-refractivity contribution in [1.82, 2.24) is 10.3 Å². The number of hydrogen-bond acceptors (Lipinski definition) is 6. The lowest BCUT2D eigenvalue weighted by atomic mass is 10.0. The Labute approximate surface area is 158 Å². The molecule has 27 heavy (non-hydrogen) atoms. The van der Waals surface area contributed by atoms with Crippen LogP contribution in [0.25, 0.3) is 0 Å². The van der Waals surface area contributed by atoms with Crippen molar-refractivity contribution in [2.45, 2.75) is 32.5 Å². The predicted molar refractivity (Wildman–Crippen MR) is 99.9 cm³/mol. The van der Waals surface area contributed by atoms with Crippen LogP contribution in [0.15, 0.2) is 36.4 Å². The summed E-state index contributed by atoms with van der Waals surface area (Å²) in [4.78, 5) is 28.8. The van der Waals surface area contributed by atoms with Crippen LogP contribution in [-0.4, -0.2) is 41.7 Å². The van der Waals surface area contributed by atoms with Crippen LogP contribution in [0.5, 0.6) is 5.75 Å². The minimum atomic E-state index is -1.19. The standard InChI is InChI=1S/C20H24N2O5/c1-20(2,3)27-19(25)12-10-14(22-15(11-12)18(24)21-4)17(23)13-8-6-7-9-16(13)26-5/h6-11,17,23H,1-5H3,(H,21,24). The van der Waals surface area contributed by atoms with Gasteiger partial charge < -0.3 is 19.9 Å². The van der Waals surface area contributed by atoms with Crippen LogP contribution in [0.3, 0.4) is 0 Å². The van der Waals surface area contributed by atoms with Crippen molar-refractivity contribution < 1.29 is 24.2 Å². The van der Waals surface area contributed by atoms with Crippen molar-refractivity contribution >= 4 is 11.9 Å². The SMILES string of the molecule is CNC(=O)c1cc(C(=O)OC(C)(C)C)cc(C(O)c2ccccc2OC)n1. The van der Waals surface area contributed by atoms with Gasteiger partial charge in [0.25, 0.3) is 5.91 Å². The van der Waals surface area contributed by atoms with Crippen molar-refractivity contribution in [2.24, 2.45) is 0 Å². The molecular weight excluding hydrogens is 348 g/mol. The number of amides is 1. The summed E-state index contributed by atoms with van der Waals surface area (Å²) in [5, 5.41) is 13.3. The number of aliphatic hydroxyl groups is 1. The molecule has 2 aromatic rings. The van der Waals surface area contributed by atoms with E-state index < -0.39 is 23.6 Å². The molecular formula is C20H24N2O5. The number of esters is 1. The van der Waals surface area contributed by atoms with E-state index in [0.717, 1.165) is 0 Å². The number of hydrogen-bond donors (Lipinski definition) is 2. The molecule has 0 fully saturated rings. The summed E-state index contributed by atoms with van der Waals surface area (Å²) in [6.45, 7) is 5.24. The van der Waals surface area contributed by atoms with Gasteiger partial charge in [0.2, 0.25) is 0 Å². The van der Waals surface area contributed by atoms with Crippen LogP contribution in [-0.2, 0) is 4.74 Å². The molecule has 2 rings (SSSR count). The average Bonchev–Trinajstić information content (AvgIpc) is 2.64. The Morgan fingerprint density at radius 1 is 1.19 bits per heavy atom. The molecule has 1 unspecified atom stereocenters. The van der Waals surface area contributed by atoms with Crippen molar-refractivity contribution in [3.8, 4) is 5.75 Å². The Morgan fingerprint density at radius 2 is 1.85 bits per heavy atom. The first-order valence-corrected chi connectivity index (χ1v) is 8.44. The van der Waals surface area contributed by atoms with Gasteiger partial charge in [-0.15, -0.1) is 0 Å². The van der Waals surface area contributed by atoms with Gasteiger partial charge in [0.1, 0.15) is 23.1 Å². The topological polar surface area (TPSA) is 97.8 Å². The third kappa shape index (κ3) is 5.04. The minimum Gasteiger partial charge on any atom is -0.496 e. The molecule has 0 bridgehead atoms. The van der Waals surface area contributed by atoms with Crippen molar-refractivity contribution in [2.75, 3.05) is 14.2 Å². The number of methoxy groups -OCH3 is 1. The van der Waals surface area contributed by atoms with E-state index in [1.54, 1.807) is 45.0 Å². The van der Waals surface area contributed by atoms with Gasteiger partial charge in [0, 0.05) is 12.6 Å². The highest BCUT2D eigenvalue weighted by molar-refractivity contribution is 5.96. The lowest BCUT2D eigenvalue weighted by Crippen LogP contribution is -2.25. The summed E-state index contributed by atoms with van der Waals surface area (Å²) in [6.07, 6.45) is -1.19. The van der Waals surface area contributed by atoms with Crippen molar-refractivity contribution in [1.29, 1.82) is 0 Å². The maximum absolute atomic E-state index is 12.5. The van der Waals surface area contributed by atoms with Gasteiger partial charge in [-0.1, -0.05) is 18.2 Å². The fraction of sp³-hybridized carbons (Fsp3) is 0.350. The van der Waals surface area contributed by atoms with E-state index in [4.69, 9.17) is 9.47 Å². The molecule has 1 aromatic carbocycles. The van der Waals surface area contributed by atoms with Gasteiger partial charge in [-0.2, -0.15) is 0 Å². The fourth-order valence-corrected chi connectivity index (χ4v) is 2.44. The number of aliphatic hydroxyl groups excluding tert-OH is 1. The first kappa shape index (κ1) is 20.4. The number of para-hydroxylation sites is 1. The van der Waals surface area contributed by atoms with E-state index in [1.165, 1.54) is 26.3 Å². The largest absolute Gasteiger partial charge is 0.496 e. The second-order valence-corrected chi connectivity index (χ2v) is 6.89. The van der Waals surface area contributed by atoms with Crippen molar-refractivity contribution in [3.05, 3.63) is 58.9 Å². The van der Waals surface area contributed by atoms with Gasteiger partial charge in [-0.05, 0) is 39.0 Å². The van der Waals surface area contributed by atoms with E-state index >= 15 is 0 Å². The Hall–Kier alpha value is -2.93. The number of aromatic nitrogens is 1. The molecule has 2 N–H and O–H groups in total. The number of nitrogens with one attached hydrogen (secondary N) is 1. The highest BCUT2D eigenvalue weighted by Gasteiger charge is 2.24. The second-order valence-electron chi connectivity index (χ2n) is 6.89. The first-order valence-electron chi connectivity index (χ1n) is 8.44. The quantitative estimate of drug-likeness (QED) is 0.783. The van der Waals surface area contributed by atoms with E-state index in [9.17, 15) is 14.7 Å². The Kier molecular flexibility index (Phi) is 6.17. The van der Waals surface area contributed by atoms with E-state index in [0.29, 0.717) is 11.3 Å². The summed E-state index contributed by atoms with van der Waals surface area (Å²) in [5.74, 6) is -0.617. The number of rotatable bonds is 5. The maximum atomic E-state index is 12.5. The van der Waals surface area contributed by atoms with Gasteiger partial charge in [0.05, 0.1) is 18.4 Å². The molecule has 7 heteroatoms. The zero-order valence-corrected chi connectivity index (χ0v) is 16.1. The predicted octanol–water partition coefficient (Wildman–Crippen LogP) is 2.49. The van der Waals surface area contributed by atoms with Crippen LogP contribution in [0.4, 0.5) is 0 Å². The number of pyridine rings is 1. The summed E-state index contributed by atoms with van der Waals surface area (Å²) in [6, 6.07) is 9.66. The van der Waals surface area contributed by atoms with E-state index in [-0.39, 0.29) is 17.0 Å². The zero-order chi connectivity index (χ0) is 20.2. The average molecular weight is 372 g/mol. The van der Waals surface area contributed by atoms with Crippen LogP contribution in [0, 0.1) is 0 Å². The van der Waals surface area contributed by atoms with Crippen molar-refractivity contribution in [3.63, 3.8) is 0 Å². The Morgan fingerprint density at radius 3 is 2.44 bits per heavy atom. The maximum Gasteiger partial charge on any atom is 0.338 e. The molecule has 0 radical (unpaired) electrons. The molecule has 0 aliphatic rings. The number of carbonyl (C=O) groups is 2. The summed E-state index contributed by atoms with van der Waals surface area (Å²) in [5.41, 5.74) is 0.0417. The molecule has 0 aliphatic heterocycles. The fourth-order valence-electron chi connectivity index (χ4n) is 2.44. The molecule has 1 amide bonds. The third-order valence-corrected chi connectivity index (χ3v) is 3.65. The molecule has 0 saturated carbocycles. The monoisotopic (exact) mass is 372 g/mol.